The van der Waals surface area contributed by atoms with Crippen molar-refractivity contribution in [2.75, 3.05) is 56.3 Å². The molecular formula is C28H35N7O3. The maximum Gasteiger partial charge on any atom is 0.158 e. The van der Waals surface area contributed by atoms with Crippen molar-refractivity contribution >= 4 is 17.3 Å². The van der Waals surface area contributed by atoms with Crippen molar-refractivity contribution in [2.24, 2.45) is 5.73 Å². The van der Waals surface area contributed by atoms with E-state index in [4.69, 9.17) is 25.2 Å². The molecule has 0 bridgehead atoms. The van der Waals surface area contributed by atoms with Crippen molar-refractivity contribution in [3.63, 3.8) is 0 Å². The summed E-state index contributed by atoms with van der Waals surface area (Å²) in [7, 11) is 0. The SMILES string of the molecule is NC(O)c1nc(-c2ccncc2)c(N2CCC23CCOCC3)nc1Nc1ccc(CN2CCOCC2)cc1. The van der Waals surface area contributed by atoms with Gasteiger partial charge in [0.1, 0.15) is 17.6 Å². The summed E-state index contributed by atoms with van der Waals surface area (Å²) in [5.74, 6) is 1.25. The minimum Gasteiger partial charge on any atom is -0.381 e. The zero-order valence-electron chi connectivity index (χ0n) is 21.6. The molecule has 4 N–H and O–H groups in total. The van der Waals surface area contributed by atoms with Gasteiger partial charge in [0, 0.05) is 68.6 Å². The minimum atomic E-state index is -1.28. The second kappa shape index (κ2) is 10.9. The van der Waals surface area contributed by atoms with E-state index in [9.17, 15) is 5.11 Å². The first-order valence-electron chi connectivity index (χ1n) is 13.4. The molecule has 1 aromatic carbocycles. The Morgan fingerprint density at radius 3 is 2.29 bits per heavy atom. The van der Waals surface area contributed by atoms with E-state index in [0.717, 1.165) is 88.9 Å². The lowest BCUT2D eigenvalue weighted by Crippen LogP contribution is -2.63. The smallest absolute Gasteiger partial charge is 0.158 e. The van der Waals surface area contributed by atoms with Crippen LogP contribution in [0.3, 0.4) is 0 Å². The molecule has 3 aromatic rings. The summed E-state index contributed by atoms with van der Waals surface area (Å²) in [6, 6.07) is 12.1. The highest BCUT2D eigenvalue weighted by Gasteiger charge is 2.47. The number of nitrogens with one attached hydrogen (secondary N) is 1. The Hall–Kier alpha value is -3.15. The molecule has 5 heterocycles. The van der Waals surface area contributed by atoms with Crippen LogP contribution in [0.4, 0.5) is 17.3 Å². The molecule has 3 saturated heterocycles. The van der Waals surface area contributed by atoms with Gasteiger partial charge in [-0.05, 0) is 49.1 Å². The monoisotopic (exact) mass is 517 g/mol. The van der Waals surface area contributed by atoms with Crippen molar-refractivity contribution in [2.45, 2.75) is 37.6 Å². The van der Waals surface area contributed by atoms with Gasteiger partial charge in [0.15, 0.2) is 11.6 Å². The molecule has 0 saturated carbocycles. The molecule has 0 amide bonds. The zero-order valence-corrected chi connectivity index (χ0v) is 21.6. The fraction of sp³-hybridized carbons (Fsp3) is 0.464. The first kappa shape index (κ1) is 25.1. The standard InChI is InChI=1S/C28H35N7O3/c29-25(36)24-26(31-22-3-1-20(2-4-22)19-34-13-17-38-18-14-34)33-27(23(32-24)21-5-10-30-11-6-21)35-12-7-28(35)8-15-37-16-9-28/h1-6,10-11,25,36H,7-9,12-19,29H2,(H,31,33). The van der Waals surface area contributed by atoms with Crippen molar-refractivity contribution < 1.29 is 14.6 Å². The number of ether oxygens (including phenoxy) is 2. The maximum atomic E-state index is 10.5. The van der Waals surface area contributed by atoms with Crippen molar-refractivity contribution in [3.05, 3.63) is 60.0 Å². The highest BCUT2D eigenvalue weighted by molar-refractivity contribution is 5.76. The number of hydrogen-bond donors (Lipinski definition) is 3. The summed E-state index contributed by atoms with van der Waals surface area (Å²) in [4.78, 5) is 18.9. The second-order valence-electron chi connectivity index (χ2n) is 10.3. The molecule has 1 atom stereocenters. The van der Waals surface area contributed by atoms with Crippen LogP contribution in [0.1, 0.15) is 36.7 Å². The molecule has 3 aliphatic rings. The van der Waals surface area contributed by atoms with Gasteiger partial charge in [0.25, 0.3) is 0 Å². The van der Waals surface area contributed by atoms with Crippen LogP contribution >= 0.6 is 0 Å². The first-order chi connectivity index (χ1) is 18.6. The first-order valence-corrected chi connectivity index (χ1v) is 13.4. The molecule has 6 rings (SSSR count). The average Bonchev–Trinajstić information content (AvgIpc) is 2.95. The molecule has 3 fully saturated rings. The van der Waals surface area contributed by atoms with Crippen LogP contribution < -0.4 is 16.0 Å². The molecule has 200 valence electrons. The summed E-state index contributed by atoms with van der Waals surface area (Å²) < 4.78 is 11.1. The predicted molar refractivity (Wildman–Crippen MR) is 145 cm³/mol. The number of morpholine rings is 1. The average molecular weight is 518 g/mol. The number of rotatable bonds is 7. The summed E-state index contributed by atoms with van der Waals surface area (Å²) in [5.41, 5.74) is 10.0. The summed E-state index contributed by atoms with van der Waals surface area (Å²) >= 11 is 0. The van der Waals surface area contributed by atoms with E-state index >= 15 is 0 Å². The molecule has 1 unspecified atom stereocenters. The summed E-state index contributed by atoms with van der Waals surface area (Å²) in [5, 5.41) is 13.9. The quantitative estimate of drug-likeness (QED) is 0.403. The van der Waals surface area contributed by atoms with Crippen LogP contribution in [0.15, 0.2) is 48.8 Å². The van der Waals surface area contributed by atoms with E-state index < -0.39 is 6.23 Å². The van der Waals surface area contributed by atoms with E-state index in [1.54, 1.807) is 12.4 Å². The molecular weight excluding hydrogens is 482 g/mol. The second-order valence-corrected chi connectivity index (χ2v) is 10.3. The van der Waals surface area contributed by atoms with Crippen LogP contribution in [-0.2, 0) is 16.0 Å². The molecule has 10 heteroatoms. The third-order valence-corrected chi connectivity index (χ3v) is 7.92. The van der Waals surface area contributed by atoms with Gasteiger partial charge in [-0.3, -0.25) is 9.88 Å². The number of nitrogens with zero attached hydrogens (tertiary/aromatic N) is 5. The lowest BCUT2D eigenvalue weighted by atomic mass is 9.77. The number of benzene rings is 1. The van der Waals surface area contributed by atoms with E-state index in [1.807, 2.05) is 24.3 Å². The van der Waals surface area contributed by atoms with Gasteiger partial charge in [-0.15, -0.1) is 0 Å². The van der Waals surface area contributed by atoms with Crippen LogP contribution in [0.2, 0.25) is 0 Å². The van der Waals surface area contributed by atoms with Gasteiger partial charge in [-0.2, -0.15) is 0 Å². The van der Waals surface area contributed by atoms with Gasteiger partial charge < -0.3 is 30.5 Å². The number of hydrogen-bond acceptors (Lipinski definition) is 10. The van der Waals surface area contributed by atoms with Gasteiger partial charge in [-0.25, -0.2) is 9.97 Å². The molecule has 0 radical (unpaired) electrons. The van der Waals surface area contributed by atoms with Crippen LogP contribution in [0.5, 0.6) is 0 Å². The molecule has 38 heavy (non-hydrogen) atoms. The highest BCUT2D eigenvalue weighted by atomic mass is 16.5. The van der Waals surface area contributed by atoms with Crippen LogP contribution in [0.25, 0.3) is 11.3 Å². The summed E-state index contributed by atoms with van der Waals surface area (Å²) in [6.45, 7) is 6.74. The van der Waals surface area contributed by atoms with Crippen LogP contribution in [0, 0.1) is 0 Å². The fourth-order valence-electron chi connectivity index (χ4n) is 5.62. The Morgan fingerprint density at radius 2 is 1.63 bits per heavy atom. The third-order valence-electron chi connectivity index (χ3n) is 7.92. The highest BCUT2D eigenvalue weighted by Crippen LogP contribution is 2.45. The van der Waals surface area contributed by atoms with E-state index in [2.05, 4.69) is 32.2 Å². The Balaban J connectivity index is 1.33. The topological polar surface area (TPSA) is 122 Å². The van der Waals surface area contributed by atoms with Gasteiger partial charge in [-0.1, -0.05) is 12.1 Å². The van der Waals surface area contributed by atoms with E-state index in [-0.39, 0.29) is 5.54 Å². The van der Waals surface area contributed by atoms with Crippen molar-refractivity contribution in [1.82, 2.24) is 19.9 Å². The van der Waals surface area contributed by atoms with Crippen molar-refractivity contribution in [3.8, 4) is 11.3 Å². The summed E-state index contributed by atoms with van der Waals surface area (Å²) in [6.07, 6.45) is 5.21. The number of aliphatic hydroxyl groups excluding tert-OH is 1. The lowest BCUT2D eigenvalue weighted by Gasteiger charge is -2.55. The number of nitrogens with two attached hydrogens (primary N) is 1. The van der Waals surface area contributed by atoms with Crippen LogP contribution in [-0.4, -0.2) is 76.6 Å². The molecule has 1 spiro atoms. The molecule has 10 nitrogen and oxygen atoms in total. The number of aromatic nitrogens is 3. The van der Waals surface area contributed by atoms with E-state index in [1.165, 1.54) is 5.56 Å². The largest absolute Gasteiger partial charge is 0.381 e. The Labute approximate surface area is 222 Å². The number of anilines is 3. The fourth-order valence-corrected chi connectivity index (χ4v) is 5.62. The molecule has 0 aliphatic carbocycles. The van der Waals surface area contributed by atoms with Gasteiger partial charge in [0.05, 0.1) is 13.2 Å². The molecule has 2 aromatic heterocycles. The Kier molecular flexibility index (Phi) is 7.22. The zero-order chi connectivity index (χ0) is 26.0. The normalized spacial score (nSPS) is 20.2. The number of pyridine rings is 1. The van der Waals surface area contributed by atoms with E-state index in [0.29, 0.717) is 17.2 Å². The third kappa shape index (κ3) is 5.10. The Bertz CT molecular complexity index is 1230. The minimum absolute atomic E-state index is 0.0238. The van der Waals surface area contributed by atoms with Gasteiger partial charge in [0.2, 0.25) is 0 Å². The van der Waals surface area contributed by atoms with Gasteiger partial charge >= 0.3 is 0 Å². The number of aliphatic hydroxyl groups is 1. The Morgan fingerprint density at radius 1 is 0.921 bits per heavy atom. The molecule has 3 aliphatic heterocycles. The van der Waals surface area contributed by atoms with Crippen molar-refractivity contribution in [1.29, 1.82) is 0 Å². The lowest BCUT2D eigenvalue weighted by molar-refractivity contribution is 0.0285. The predicted octanol–water partition coefficient (Wildman–Crippen LogP) is 2.82. The maximum absolute atomic E-state index is 10.5.